The number of guanidine groups is 1. The van der Waals surface area contributed by atoms with E-state index in [1.165, 1.54) is 5.56 Å². The summed E-state index contributed by atoms with van der Waals surface area (Å²) in [5.74, 6) is 2.46. The first-order valence-corrected chi connectivity index (χ1v) is 9.13. The van der Waals surface area contributed by atoms with Gasteiger partial charge in [-0.05, 0) is 23.5 Å². The van der Waals surface area contributed by atoms with Crippen molar-refractivity contribution in [2.24, 2.45) is 10.9 Å². The Morgan fingerprint density at radius 2 is 2.08 bits per heavy atom. The topological polar surface area (TPSA) is 46.1 Å². The summed E-state index contributed by atoms with van der Waals surface area (Å²) >= 11 is 0. The first kappa shape index (κ1) is 23.0. The molecule has 1 aromatic rings. The molecule has 1 atom stereocenters. The molecule has 1 aliphatic heterocycles. The van der Waals surface area contributed by atoms with Crippen LogP contribution in [0.5, 0.6) is 5.75 Å². The molecule has 0 aliphatic carbocycles. The minimum absolute atomic E-state index is 0. The number of nitrogens with zero attached hydrogens (tertiary/aromatic N) is 2. The molecule has 6 heteroatoms. The fourth-order valence-electron chi connectivity index (χ4n) is 3.12. The average Bonchev–Trinajstić information content (AvgIpc) is 3.07. The minimum atomic E-state index is 0. The molecule has 0 aromatic heterocycles. The molecule has 148 valence electrons. The maximum absolute atomic E-state index is 6.02. The summed E-state index contributed by atoms with van der Waals surface area (Å²) in [4.78, 5) is 6.54. The van der Waals surface area contributed by atoms with E-state index in [2.05, 4.69) is 55.2 Å². The van der Waals surface area contributed by atoms with Crippen LogP contribution in [0.4, 0.5) is 0 Å². The zero-order valence-electron chi connectivity index (χ0n) is 16.7. The van der Waals surface area contributed by atoms with Crippen molar-refractivity contribution >= 4 is 29.9 Å². The second-order valence-electron chi connectivity index (χ2n) is 7.68. The molecule has 0 amide bonds. The molecule has 0 spiro atoms. The van der Waals surface area contributed by atoms with E-state index < -0.39 is 0 Å². The lowest BCUT2D eigenvalue weighted by Crippen LogP contribution is -2.42. The largest absolute Gasteiger partial charge is 0.491 e. The Kier molecular flexibility index (Phi) is 9.71. The maximum atomic E-state index is 6.02. The first-order valence-electron chi connectivity index (χ1n) is 9.13. The van der Waals surface area contributed by atoms with E-state index in [9.17, 15) is 0 Å². The highest BCUT2D eigenvalue weighted by Crippen LogP contribution is 2.30. The van der Waals surface area contributed by atoms with Crippen LogP contribution in [0.15, 0.2) is 29.3 Å². The fraction of sp³-hybridized carbons (Fsp3) is 0.650. The van der Waals surface area contributed by atoms with Crippen molar-refractivity contribution in [2.45, 2.75) is 32.6 Å². The molecule has 2 rings (SSSR count). The van der Waals surface area contributed by atoms with Crippen molar-refractivity contribution in [1.29, 1.82) is 0 Å². The monoisotopic (exact) mass is 475 g/mol. The van der Waals surface area contributed by atoms with Gasteiger partial charge in [0.2, 0.25) is 0 Å². The molecule has 0 saturated carbocycles. The van der Waals surface area contributed by atoms with Crippen molar-refractivity contribution in [1.82, 2.24) is 10.2 Å². The smallest absolute Gasteiger partial charge is 0.193 e. The van der Waals surface area contributed by atoms with Gasteiger partial charge in [-0.15, -0.1) is 24.0 Å². The van der Waals surface area contributed by atoms with Crippen LogP contribution in [-0.4, -0.2) is 57.9 Å². The summed E-state index contributed by atoms with van der Waals surface area (Å²) in [6, 6.07) is 8.27. The highest BCUT2D eigenvalue weighted by atomic mass is 127. The number of ether oxygens (including phenoxy) is 2. The average molecular weight is 475 g/mol. The van der Waals surface area contributed by atoms with Gasteiger partial charge in [0.05, 0.1) is 13.2 Å². The van der Waals surface area contributed by atoms with Gasteiger partial charge >= 0.3 is 0 Å². The van der Waals surface area contributed by atoms with Crippen LogP contribution < -0.4 is 10.1 Å². The third kappa shape index (κ3) is 6.95. The second-order valence-corrected chi connectivity index (χ2v) is 7.68. The quantitative estimate of drug-likeness (QED) is 0.296. The van der Waals surface area contributed by atoms with E-state index in [0.717, 1.165) is 44.4 Å². The van der Waals surface area contributed by atoms with Crippen LogP contribution in [0.2, 0.25) is 0 Å². The fourth-order valence-corrected chi connectivity index (χ4v) is 3.12. The Labute approximate surface area is 175 Å². The Hall–Kier alpha value is -1.02. The summed E-state index contributed by atoms with van der Waals surface area (Å²) in [6.45, 7) is 10.6. The van der Waals surface area contributed by atoms with Crippen LogP contribution >= 0.6 is 24.0 Å². The third-order valence-corrected chi connectivity index (χ3v) is 4.47. The molecule has 1 N–H and O–H groups in total. The molecule has 1 unspecified atom stereocenters. The van der Waals surface area contributed by atoms with Gasteiger partial charge in [0.1, 0.15) is 12.4 Å². The van der Waals surface area contributed by atoms with Gasteiger partial charge in [0, 0.05) is 33.2 Å². The van der Waals surface area contributed by atoms with Crippen molar-refractivity contribution in [3.8, 4) is 5.75 Å². The standard InChI is InChI=1S/C20H33N3O2.HI/c1-20(2,3)17-8-6-7-9-18(17)25-13-11-22-19(21-4)23(5)14-16-10-12-24-15-16;/h6-9,16H,10-15H2,1-5H3,(H,21,22);1H. The van der Waals surface area contributed by atoms with Gasteiger partial charge < -0.3 is 19.7 Å². The van der Waals surface area contributed by atoms with E-state index in [4.69, 9.17) is 9.47 Å². The van der Waals surface area contributed by atoms with E-state index >= 15 is 0 Å². The predicted molar refractivity (Wildman–Crippen MR) is 119 cm³/mol. The number of aliphatic imine (C=N–C) groups is 1. The lowest BCUT2D eigenvalue weighted by atomic mass is 9.86. The summed E-state index contributed by atoms with van der Waals surface area (Å²) in [5, 5.41) is 3.38. The summed E-state index contributed by atoms with van der Waals surface area (Å²) < 4.78 is 11.5. The normalized spacial score (nSPS) is 17.6. The van der Waals surface area contributed by atoms with Crippen LogP contribution in [0.1, 0.15) is 32.8 Å². The number of para-hydroxylation sites is 1. The van der Waals surface area contributed by atoms with Crippen molar-refractivity contribution < 1.29 is 9.47 Å². The van der Waals surface area contributed by atoms with Crippen molar-refractivity contribution in [2.75, 3.05) is 47.0 Å². The summed E-state index contributed by atoms with van der Waals surface area (Å²) in [6.07, 6.45) is 1.13. The molecule has 1 fully saturated rings. The number of rotatable bonds is 6. The molecule has 26 heavy (non-hydrogen) atoms. The van der Waals surface area contributed by atoms with Gasteiger partial charge in [-0.25, -0.2) is 0 Å². The molecule has 0 radical (unpaired) electrons. The second kappa shape index (κ2) is 11.0. The molecule has 1 saturated heterocycles. The van der Waals surface area contributed by atoms with Crippen molar-refractivity contribution in [3.05, 3.63) is 29.8 Å². The zero-order chi connectivity index (χ0) is 18.3. The van der Waals surface area contributed by atoms with Crippen LogP contribution in [0, 0.1) is 5.92 Å². The summed E-state index contributed by atoms with van der Waals surface area (Å²) in [5.41, 5.74) is 1.31. The van der Waals surface area contributed by atoms with Gasteiger partial charge in [-0.3, -0.25) is 4.99 Å². The molecule has 1 aliphatic rings. The van der Waals surface area contributed by atoms with Crippen LogP contribution in [0.3, 0.4) is 0 Å². The van der Waals surface area contributed by atoms with Gasteiger partial charge in [0.25, 0.3) is 0 Å². The zero-order valence-corrected chi connectivity index (χ0v) is 19.1. The predicted octanol–water partition coefficient (Wildman–Crippen LogP) is 3.52. The SMILES string of the molecule is CN=C(NCCOc1ccccc1C(C)(C)C)N(C)CC1CCOC1.I. The Morgan fingerprint density at radius 3 is 2.69 bits per heavy atom. The molecule has 1 aromatic carbocycles. The van der Waals surface area contributed by atoms with E-state index in [1.54, 1.807) is 0 Å². The molecule has 5 nitrogen and oxygen atoms in total. The summed E-state index contributed by atoms with van der Waals surface area (Å²) in [7, 11) is 3.89. The maximum Gasteiger partial charge on any atom is 0.193 e. The van der Waals surface area contributed by atoms with Crippen LogP contribution in [0.25, 0.3) is 0 Å². The Bertz CT molecular complexity index is 566. The Balaban J connectivity index is 0.00000338. The number of hydrogen-bond acceptors (Lipinski definition) is 3. The van der Waals surface area contributed by atoms with Gasteiger partial charge in [0.15, 0.2) is 5.96 Å². The molecular weight excluding hydrogens is 441 g/mol. The van der Waals surface area contributed by atoms with E-state index in [1.807, 2.05) is 19.2 Å². The minimum Gasteiger partial charge on any atom is -0.491 e. The van der Waals surface area contributed by atoms with Crippen molar-refractivity contribution in [3.63, 3.8) is 0 Å². The van der Waals surface area contributed by atoms with E-state index in [-0.39, 0.29) is 29.4 Å². The number of nitrogens with one attached hydrogen (secondary N) is 1. The Morgan fingerprint density at radius 1 is 1.35 bits per heavy atom. The highest BCUT2D eigenvalue weighted by Gasteiger charge is 2.20. The van der Waals surface area contributed by atoms with Gasteiger partial charge in [-0.1, -0.05) is 39.0 Å². The van der Waals surface area contributed by atoms with E-state index in [0.29, 0.717) is 12.5 Å². The first-order chi connectivity index (χ1) is 11.9. The van der Waals surface area contributed by atoms with Crippen LogP contribution in [-0.2, 0) is 10.2 Å². The van der Waals surface area contributed by atoms with Gasteiger partial charge in [-0.2, -0.15) is 0 Å². The number of benzene rings is 1. The highest BCUT2D eigenvalue weighted by molar-refractivity contribution is 14.0. The third-order valence-electron chi connectivity index (χ3n) is 4.47. The lowest BCUT2D eigenvalue weighted by Gasteiger charge is -2.25. The molecular formula is C20H34IN3O2. The number of hydrogen-bond donors (Lipinski definition) is 1. The molecule has 1 heterocycles. The number of halogens is 1. The lowest BCUT2D eigenvalue weighted by molar-refractivity contribution is 0.181. The molecule has 0 bridgehead atoms.